The van der Waals surface area contributed by atoms with Gasteiger partial charge in [-0.15, -0.1) is 0 Å². The van der Waals surface area contributed by atoms with Gasteiger partial charge in [0.15, 0.2) is 0 Å². The average molecular weight is 335 g/mol. The van der Waals surface area contributed by atoms with Gasteiger partial charge in [-0.3, -0.25) is 0 Å². The summed E-state index contributed by atoms with van der Waals surface area (Å²) in [6.07, 6.45) is -5.48. The molecule has 8 heteroatoms. The van der Waals surface area contributed by atoms with Gasteiger partial charge in [0.1, 0.15) is 23.2 Å². The van der Waals surface area contributed by atoms with Gasteiger partial charge in [0.05, 0.1) is 5.56 Å². The molecule has 1 aromatic rings. The van der Waals surface area contributed by atoms with Crippen molar-refractivity contribution in [2.24, 2.45) is 0 Å². The number of halogens is 4. The van der Waals surface area contributed by atoms with Gasteiger partial charge in [0.2, 0.25) is 0 Å². The number of alkyl carbamates (subject to hydrolysis) is 1. The molecule has 1 aromatic carbocycles. The van der Waals surface area contributed by atoms with Gasteiger partial charge in [-0.25, -0.2) is 9.18 Å². The molecule has 0 spiro atoms. The van der Waals surface area contributed by atoms with Crippen molar-refractivity contribution in [3.63, 3.8) is 0 Å². The van der Waals surface area contributed by atoms with Crippen LogP contribution in [0.4, 0.5) is 22.4 Å². The molecular formula is C15H17F4NO3. The molecule has 1 unspecified atom stereocenters. The van der Waals surface area contributed by atoms with Crippen LogP contribution in [-0.4, -0.2) is 18.0 Å². The molecular weight excluding hydrogens is 318 g/mol. The lowest BCUT2D eigenvalue weighted by molar-refractivity contribution is -0.137. The van der Waals surface area contributed by atoms with Crippen LogP contribution in [0, 0.1) is 5.82 Å². The lowest BCUT2D eigenvalue weighted by Crippen LogP contribution is -2.47. The lowest BCUT2D eigenvalue weighted by Gasteiger charge is -2.28. The molecule has 1 amide bonds. The molecule has 1 atom stereocenters. The van der Waals surface area contributed by atoms with Gasteiger partial charge in [0, 0.05) is 5.56 Å². The molecule has 4 nitrogen and oxygen atoms in total. The van der Waals surface area contributed by atoms with E-state index in [1.165, 1.54) is 0 Å². The lowest BCUT2D eigenvalue weighted by atomic mass is 9.92. The Morgan fingerprint density at radius 1 is 1.17 bits per heavy atom. The second kappa shape index (κ2) is 6.17. The van der Waals surface area contributed by atoms with Crippen molar-refractivity contribution in [1.82, 2.24) is 5.32 Å². The Morgan fingerprint density at radius 2 is 1.74 bits per heavy atom. The number of amides is 1. The number of benzene rings is 1. The van der Waals surface area contributed by atoms with Crippen molar-refractivity contribution >= 4 is 12.4 Å². The van der Waals surface area contributed by atoms with E-state index in [0.717, 1.165) is 13.0 Å². The highest BCUT2D eigenvalue weighted by molar-refractivity contribution is 5.78. The smallest absolute Gasteiger partial charge is 0.416 e. The predicted molar refractivity (Wildman–Crippen MR) is 74.2 cm³/mol. The van der Waals surface area contributed by atoms with E-state index in [1.807, 2.05) is 0 Å². The van der Waals surface area contributed by atoms with Crippen molar-refractivity contribution in [1.29, 1.82) is 0 Å². The first-order chi connectivity index (χ1) is 10.3. The first kappa shape index (κ1) is 18.9. The molecule has 0 aliphatic heterocycles. The van der Waals surface area contributed by atoms with Crippen molar-refractivity contribution in [3.8, 4) is 0 Å². The molecule has 0 heterocycles. The van der Waals surface area contributed by atoms with Crippen molar-refractivity contribution in [2.45, 2.75) is 45.0 Å². The van der Waals surface area contributed by atoms with Crippen LogP contribution >= 0.6 is 0 Å². The van der Waals surface area contributed by atoms with Crippen LogP contribution in [0.3, 0.4) is 0 Å². The second-order valence-electron chi connectivity index (χ2n) is 6.14. The molecule has 128 valence electrons. The van der Waals surface area contributed by atoms with Gasteiger partial charge >= 0.3 is 12.3 Å². The predicted octanol–water partition coefficient (Wildman–Crippen LogP) is 3.78. The Morgan fingerprint density at radius 3 is 2.13 bits per heavy atom. The molecule has 1 rings (SSSR count). The summed E-state index contributed by atoms with van der Waals surface area (Å²) in [5, 5.41) is 2.16. The maximum Gasteiger partial charge on any atom is 0.416 e. The summed E-state index contributed by atoms with van der Waals surface area (Å²) in [5.41, 5.74) is -4.31. The van der Waals surface area contributed by atoms with Crippen LogP contribution in [-0.2, 0) is 21.2 Å². The van der Waals surface area contributed by atoms with Crippen LogP contribution in [0.25, 0.3) is 0 Å². The quantitative estimate of drug-likeness (QED) is 0.675. The van der Waals surface area contributed by atoms with Crippen LogP contribution in [0.5, 0.6) is 0 Å². The van der Waals surface area contributed by atoms with Crippen LogP contribution in [0.2, 0.25) is 0 Å². The van der Waals surface area contributed by atoms with Gasteiger partial charge in [-0.05, 0) is 39.8 Å². The standard InChI is InChI=1S/C15H17F4NO3/c1-13(2,3)23-12(22)20-14(4,8-21)10-6-5-9(7-11(10)16)15(17,18)19/h5-8H,1-4H3,(H,20,22). The number of carbonyl (C=O) groups excluding carboxylic acids is 2. The van der Waals surface area contributed by atoms with E-state index in [2.05, 4.69) is 5.32 Å². The summed E-state index contributed by atoms with van der Waals surface area (Å²) in [7, 11) is 0. The number of rotatable bonds is 3. The summed E-state index contributed by atoms with van der Waals surface area (Å²) >= 11 is 0. The van der Waals surface area contributed by atoms with E-state index in [4.69, 9.17) is 4.74 Å². The highest BCUT2D eigenvalue weighted by Crippen LogP contribution is 2.32. The molecule has 0 radical (unpaired) electrons. The van der Waals surface area contributed by atoms with E-state index in [9.17, 15) is 27.2 Å². The Kier molecular flexibility index (Phi) is 5.08. The summed E-state index contributed by atoms with van der Waals surface area (Å²) in [6.45, 7) is 5.92. The number of ether oxygens (including phenoxy) is 1. The van der Waals surface area contributed by atoms with Crippen molar-refractivity contribution < 1.29 is 31.9 Å². The molecule has 0 fully saturated rings. The largest absolute Gasteiger partial charge is 0.444 e. The van der Waals surface area contributed by atoms with E-state index in [1.54, 1.807) is 20.8 Å². The minimum absolute atomic E-state index is 0.225. The third kappa shape index (κ3) is 4.94. The average Bonchev–Trinajstić information content (AvgIpc) is 2.34. The molecule has 23 heavy (non-hydrogen) atoms. The number of hydrogen-bond acceptors (Lipinski definition) is 3. The van der Waals surface area contributed by atoms with Gasteiger partial charge in [-0.2, -0.15) is 13.2 Å². The van der Waals surface area contributed by atoms with E-state index in [-0.39, 0.29) is 12.4 Å². The highest BCUT2D eigenvalue weighted by atomic mass is 19.4. The maximum atomic E-state index is 14.0. The third-order valence-electron chi connectivity index (χ3n) is 2.85. The number of carbonyl (C=O) groups is 2. The Labute approximate surface area is 130 Å². The summed E-state index contributed by atoms with van der Waals surface area (Å²) < 4.78 is 56.6. The minimum atomic E-state index is -4.71. The number of aldehydes is 1. The fourth-order valence-electron chi connectivity index (χ4n) is 1.79. The molecule has 0 saturated carbocycles. The molecule has 0 aliphatic rings. The second-order valence-corrected chi connectivity index (χ2v) is 6.14. The highest BCUT2D eigenvalue weighted by Gasteiger charge is 2.36. The number of nitrogens with one attached hydrogen (secondary N) is 1. The summed E-state index contributed by atoms with van der Waals surface area (Å²) in [4.78, 5) is 23.1. The maximum absolute atomic E-state index is 14.0. The first-order valence-corrected chi connectivity index (χ1v) is 6.63. The van der Waals surface area contributed by atoms with Gasteiger partial charge < -0.3 is 14.8 Å². The molecule has 0 aromatic heterocycles. The molecule has 0 aliphatic carbocycles. The van der Waals surface area contributed by atoms with Crippen molar-refractivity contribution in [2.75, 3.05) is 0 Å². The number of hydrogen-bond donors (Lipinski definition) is 1. The van der Waals surface area contributed by atoms with Crippen LogP contribution in [0.15, 0.2) is 18.2 Å². The normalized spacial score (nSPS) is 14.8. The van der Waals surface area contributed by atoms with E-state index >= 15 is 0 Å². The zero-order chi connectivity index (χ0) is 18.1. The fraction of sp³-hybridized carbons (Fsp3) is 0.467. The van der Waals surface area contributed by atoms with Crippen LogP contribution in [0.1, 0.15) is 38.8 Å². The van der Waals surface area contributed by atoms with Gasteiger partial charge in [-0.1, -0.05) is 6.07 Å². The van der Waals surface area contributed by atoms with E-state index < -0.39 is 40.4 Å². The molecule has 0 bridgehead atoms. The topological polar surface area (TPSA) is 55.4 Å². The van der Waals surface area contributed by atoms with Crippen molar-refractivity contribution in [3.05, 3.63) is 35.1 Å². The van der Waals surface area contributed by atoms with Crippen LogP contribution < -0.4 is 5.32 Å². The minimum Gasteiger partial charge on any atom is -0.444 e. The number of alkyl halides is 3. The van der Waals surface area contributed by atoms with Gasteiger partial charge in [0.25, 0.3) is 0 Å². The zero-order valence-corrected chi connectivity index (χ0v) is 13.0. The third-order valence-corrected chi connectivity index (χ3v) is 2.85. The zero-order valence-electron chi connectivity index (χ0n) is 13.0. The Bertz CT molecular complexity index is 608. The molecule has 1 N–H and O–H groups in total. The monoisotopic (exact) mass is 335 g/mol. The van der Waals surface area contributed by atoms with E-state index in [0.29, 0.717) is 6.07 Å². The SMILES string of the molecule is CC(C)(C)OC(=O)NC(C)(C=O)c1ccc(C(F)(F)F)cc1F. The fourth-order valence-corrected chi connectivity index (χ4v) is 1.79. The first-order valence-electron chi connectivity index (χ1n) is 6.63. The Balaban J connectivity index is 3.14. The summed E-state index contributed by atoms with van der Waals surface area (Å²) in [5.74, 6) is -1.26. The Hall–Kier alpha value is -2.12. The summed E-state index contributed by atoms with van der Waals surface area (Å²) in [6, 6.07) is 1.72. The molecule has 0 saturated heterocycles.